The number of benzene rings is 2. The van der Waals surface area contributed by atoms with Gasteiger partial charge >= 0.3 is 5.97 Å². The first-order valence-corrected chi connectivity index (χ1v) is 6.82. The maximum atomic E-state index is 12.1. The van der Waals surface area contributed by atoms with E-state index in [1.807, 2.05) is 0 Å². The van der Waals surface area contributed by atoms with E-state index in [9.17, 15) is 9.59 Å². The molecule has 5 heteroatoms. The highest BCUT2D eigenvalue weighted by Gasteiger charge is 2.09. The van der Waals surface area contributed by atoms with Gasteiger partial charge in [-0.2, -0.15) is 0 Å². The van der Waals surface area contributed by atoms with Gasteiger partial charge in [0, 0.05) is 16.3 Å². The number of ether oxygens (including phenoxy) is 1. The first-order chi connectivity index (χ1) is 10.1. The molecule has 0 heterocycles. The number of anilines is 1. The van der Waals surface area contributed by atoms with Crippen molar-refractivity contribution in [1.82, 2.24) is 0 Å². The molecule has 1 amide bonds. The van der Waals surface area contributed by atoms with Crippen LogP contribution < -0.4 is 5.32 Å². The third-order valence-corrected chi connectivity index (χ3v) is 2.99. The van der Waals surface area contributed by atoms with Gasteiger partial charge < -0.3 is 10.1 Å². The van der Waals surface area contributed by atoms with Crippen LogP contribution >= 0.6 is 11.6 Å². The molecule has 0 spiro atoms. The quantitative estimate of drug-likeness (QED) is 0.875. The molecule has 1 N–H and O–H groups in total. The topological polar surface area (TPSA) is 55.4 Å². The van der Waals surface area contributed by atoms with Crippen molar-refractivity contribution in [1.29, 1.82) is 0 Å². The van der Waals surface area contributed by atoms with Crippen LogP contribution in [-0.4, -0.2) is 18.5 Å². The minimum atomic E-state index is -0.417. The zero-order valence-corrected chi connectivity index (χ0v) is 12.2. The summed E-state index contributed by atoms with van der Waals surface area (Å²) in [7, 11) is 0. The first kappa shape index (κ1) is 15.1. The van der Waals surface area contributed by atoms with Crippen LogP contribution in [0.4, 0.5) is 5.69 Å². The summed E-state index contributed by atoms with van der Waals surface area (Å²) in [4.78, 5) is 23.7. The van der Waals surface area contributed by atoms with Gasteiger partial charge in [0.05, 0.1) is 12.2 Å². The standard InChI is InChI=1S/C16H14ClNO3/c1-2-21-16(20)12-4-3-5-14(10-12)18-15(19)11-6-8-13(17)9-7-11/h3-10H,2H2,1H3,(H,18,19). The van der Waals surface area contributed by atoms with Crippen LogP contribution in [0.25, 0.3) is 0 Å². The van der Waals surface area contributed by atoms with Crippen LogP contribution in [0.15, 0.2) is 48.5 Å². The maximum absolute atomic E-state index is 12.1. The number of amides is 1. The SMILES string of the molecule is CCOC(=O)c1cccc(NC(=O)c2ccc(Cl)cc2)c1. The molecule has 2 rings (SSSR count). The second-order valence-corrected chi connectivity index (χ2v) is 4.70. The number of hydrogen-bond acceptors (Lipinski definition) is 3. The van der Waals surface area contributed by atoms with Crippen molar-refractivity contribution in [3.63, 3.8) is 0 Å². The molecule has 2 aromatic carbocycles. The van der Waals surface area contributed by atoms with Crippen molar-refractivity contribution in [3.8, 4) is 0 Å². The van der Waals surface area contributed by atoms with Gasteiger partial charge in [-0.15, -0.1) is 0 Å². The second kappa shape index (κ2) is 6.90. The fraction of sp³-hybridized carbons (Fsp3) is 0.125. The molecule has 0 radical (unpaired) electrons. The molecule has 0 unspecified atom stereocenters. The van der Waals surface area contributed by atoms with Crippen molar-refractivity contribution in [2.75, 3.05) is 11.9 Å². The van der Waals surface area contributed by atoms with Crippen LogP contribution in [-0.2, 0) is 4.74 Å². The zero-order chi connectivity index (χ0) is 15.2. The lowest BCUT2D eigenvalue weighted by Gasteiger charge is -2.07. The Balaban J connectivity index is 2.12. The van der Waals surface area contributed by atoms with E-state index in [0.717, 1.165) is 0 Å². The molecule has 0 aliphatic heterocycles. The second-order valence-electron chi connectivity index (χ2n) is 4.26. The van der Waals surface area contributed by atoms with E-state index < -0.39 is 5.97 Å². The lowest BCUT2D eigenvalue weighted by atomic mass is 10.1. The number of hydrogen-bond donors (Lipinski definition) is 1. The highest BCUT2D eigenvalue weighted by Crippen LogP contribution is 2.15. The fourth-order valence-electron chi connectivity index (χ4n) is 1.74. The van der Waals surface area contributed by atoms with Gasteiger partial charge in [0.15, 0.2) is 0 Å². The van der Waals surface area contributed by atoms with E-state index in [2.05, 4.69) is 5.32 Å². The van der Waals surface area contributed by atoms with Crippen molar-refractivity contribution < 1.29 is 14.3 Å². The minimum absolute atomic E-state index is 0.271. The first-order valence-electron chi connectivity index (χ1n) is 6.44. The normalized spacial score (nSPS) is 10.0. The number of rotatable bonds is 4. The van der Waals surface area contributed by atoms with Crippen LogP contribution in [0.1, 0.15) is 27.6 Å². The number of carbonyl (C=O) groups is 2. The van der Waals surface area contributed by atoms with Crippen LogP contribution in [0.2, 0.25) is 5.02 Å². The predicted octanol–water partition coefficient (Wildman–Crippen LogP) is 3.77. The van der Waals surface area contributed by atoms with E-state index in [4.69, 9.17) is 16.3 Å². The van der Waals surface area contributed by atoms with Crippen molar-refractivity contribution in [2.24, 2.45) is 0 Å². The van der Waals surface area contributed by atoms with Crippen molar-refractivity contribution in [3.05, 3.63) is 64.7 Å². The average Bonchev–Trinajstić information content (AvgIpc) is 2.48. The molecule has 0 aromatic heterocycles. The van der Waals surface area contributed by atoms with E-state index >= 15 is 0 Å². The molecule has 0 saturated heterocycles. The summed E-state index contributed by atoms with van der Waals surface area (Å²) in [5.74, 6) is -0.687. The maximum Gasteiger partial charge on any atom is 0.338 e. The summed E-state index contributed by atoms with van der Waals surface area (Å²) in [5, 5.41) is 3.29. The molecule has 0 atom stereocenters. The largest absolute Gasteiger partial charge is 0.462 e. The Labute approximate surface area is 127 Å². The Morgan fingerprint density at radius 3 is 2.48 bits per heavy atom. The summed E-state index contributed by atoms with van der Waals surface area (Å²) in [6, 6.07) is 13.2. The summed E-state index contributed by atoms with van der Waals surface area (Å²) >= 11 is 5.78. The van der Waals surface area contributed by atoms with Crippen molar-refractivity contribution >= 4 is 29.2 Å². The number of carbonyl (C=O) groups excluding carboxylic acids is 2. The molecule has 0 aliphatic rings. The molecule has 108 valence electrons. The van der Waals surface area contributed by atoms with Crippen LogP contribution in [0.5, 0.6) is 0 Å². The minimum Gasteiger partial charge on any atom is -0.462 e. The van der Waals surface area contributed by atoms with Crippen LogP contribution in [0.3, 0.4) is 0 Å². The Bertz CT molecular complexity index is 653. The third-order valence-electron chi connectivity index (χ3n) is 2.74. The molecule has 0 saturated carbocycles. The van der Waals surface area contributed by atoms with Gasteiger partial charge in [0.25, 0.3) is 5.91 Å². The Kier molecular flexibility index (Phi) is 4.95. The highest BCUT2D eigenvalue weighted by molar-refractivity contribution is 6.30. The molecule has 2 aromatic rings. The third kappa shape index (κ3) is 4.07. The number of esters is 1. The van der Waals surface area contributed by atoms with E-state index in [1.165, 1.54) is 0 Å². The monoisotopic (exact) mass is 303 g/mol. The smallest absolute Gasteiger partial charge is 0.338 e. The fourth-order valence-corrected chi connectivity index (χ4v) is 1.87. The summed E-state index contributed by atoms with van der Waals surface area (Å²) < 4.78 is 4.92. The molecular weight excluding hydrogens is 290 g/mol. The van der Waals surface area contributed by atoms with E-state index in [1.54, 1.807) is 55.5 Å². The van der Waals surface area contributed by atoms with Gasteiger partial charge in [0.1, 0.15) is 0 Å². The Hall–Kier alpha value is -2.33. The highest BCUT2D eigenvalue weighted by atomic mass is 35.5. The lowest BCUT2D eigenvalue weighted by molar-refractivity contribution is 0.0526. The van der Waals surface area contributed by atoms with E-state index in [0.29, 0.717) is 28.4 Å². The number of nitrogens with one attached hydrogen (secondary N) is 1. The lowest BCUT2D eigenvalue weighted by Crippen LogP contribution is -2.12. The van der Waals surface area contributed by atoms with Crippen LogP contribution in [0, 0.1) is 0 Å². The van der Waals surface area contributed by atoms with Crippen molar-refractivity contribution in [2.45, 2.75) is 6.92 Å². The molecule has 21 heavy (non-hydrogen) atoms. The molecule has 0 fully saturated rings. The molecule has 0 aliphatic carbocycles. The number of halogens is 1. The van der Waals surface area contributed by atoms with E-state index in [-0.39, 0.29) is 5.91 Å². The summed E-state index contributed by atoms with van der Waals surface area (Å²) in [5.41, 5.74) is 1.41. The Morgan fingerprint density at radius 2 is 1.81 bits per heavy atom. The molecule has 0 bridgehead atoms. The zero-order valence-electron chi connectivity index (χ0n) is 11.4. The summed E-state index contributed by atoms with van der Waals surface area (Å²) in [6.45, 7) is 2.05. The van der Waals surface area contributed by atoms with Gasteiger partial charge in [0.2, 0.25) is 0 Å². The van der Waals surface area contributed by atoms with Gasteiger partial charge in [-0.3, -0.25) is 4.79 Å². The van der Waals surface area contributed by atoms with Gasteiger partial charge in [-0.05, 0) is 49.4 Å². The molecule has 4 nitrogen and oxygen atoms in total. The van der Waals surface area contributed by atoms with Gasteiger partial charge in [-0.25, -0.2) is 4.79 Å². The summed E-state index contributed by atoms with van der Waals surface area (Å²) in [6.07, 6.45) is 0. The molecular formula is C16H14ClNO3. The Morgan fingerprint density at radius 1 is 1.10 bits per heavy atom. The van der Waals surface area contributed by atoms with Gasteiger partial charge in [-0.1, -0.05) is 17.7 Å². The predicted molar refractivity (Wildman–Crippen MR) is 81.8 cm³/mol. The average molecular weight is 304 g/mol.